The van der Waals surface area contributed by atoms with Crippen LogP contribution in [0.2, 0.25) is 0 Å². The molecule has 108 valence electrons. The zero-order valence-electron chi connectivity index (χ0n) is 10.6. The van der Waals surface area contributed by atoms with E-state index in [1.165, 1.54) is 11.3 Å². The lowest BCUT2D eigenvalue weighted by molar-refractivity contribution is -0.118. The monoisotopic (exact) mass is 311 g/mol. The van der Waals surface area contributed by atoms with Crippen molar-refractivity contribution in [3.63, 3.8) is 0 Å². The summed E-state index contributed by atoms with van der Waals surface area (Å²) in [5, 5.41) is 7.40. The van der Waals surface area contributed by atoms with Crippen molar-refractivity contribution in [2.24, 2.45) is 0 Å². The summed E-state index contributed by atoms with van der Waals surface area (Å²) in [5.41, 5.74) is 0.889. The van der Waals surface area contributed by atoms with Crippen LogP contribution in [0.4, 0.5) is 13.9 Å². The van der Waals surface area contributed by atoms with E-state index in [2.05, 4.69) is 15.6 Å². The van der Waals surface area contributed by atoms with E-state index >= 15 is 0 Å². The van der Waals surface area contributed by atoms with Gasteiger partial charge in [0.2, 0.25) is 5.91 Å². The summed E-state index contributed by atoms with van der Waals surface area (Å²) in [7, 11) is 0. The average Bonchev–Trinajstić information content (AvgIpc) is 2.84. The predicted octanol–water partition coefficient (Wildman–Crippen LogP) is 2.62. The third kappa shape index (κ3) is 4.09. The van der Waals surface area contributed by atoms with Gasteiger partial charge in [0.05, 0.1) is 18.3 Å². The quantitative estimate of drug-likeness (QED) is 0.902. The van der Waals surface area contributed by atoms with Gasteiger partial charge in [0.1, 0.15) is 0 Å². The topological polar surface area (TPSA) is 54.0 Å². The smallest absolute Gasteiger partial charge is 0.262 e. The summed E-state index contributed by atoms with van der Waals surface area (Å²) in [5.74, 6) is -2.97. The minimum atomic E-state index is -2.80. The minimum absolute atomic E-state index is 0. The second-order valence-electron chi connectivity index (χ2n) is 4.72. The Kier molecular flexibility index (Phi) is 5.23. The zero-order valence-corrected chi connectivity index (χ0v) is 12.2. The Morgan fingerprint density at radius 2 is 2.32 bits per heavy atom. The van der Waals surface area contributed by atoms with E-state index < -0.39 is 30.8 Å². The van der Waals surface area contributed by atoms with Crippen molar-refractivity contribution < 1.29 is 13.6 Å². The molecule has 0 bridgehead atoms. The molecule has 1 saturated heterocycles. The first kappa shape index (κ1) is 16.3. The molecule has 0 spiro atoms. The Morgan fingerprint density at radius 3 is 2.79 bits per heavy atom. The van der Waals surface area contributed by atoms with Gasteiger partial charge >= 0.3 is 0 Å². The number of alkyl halides is 2. The molecule has 1 unspecified atom stereocenters. The highest BCUT2D eigenvalue weighted by atomic mass is 35.5. The molecule has 0 saturated carbocycles. The molecule has 2 rings (SSSR count). The van der Waals surface area contributed by atoms with E-state index in [9.17, 15) is 13.6 Å². The molecule has 1 aliphatic heterocycles. The number of hydrogen-bond donors (Lipinski definition) is 2. The standard InChI is InChI=1S/C11H15F2N3OS.ClH/c1-6(2)8-4-18-10(15-8)16-9(17)7-3-11(12,13)5-14-7;/h4,6-7,14H,3,5H2,1-2H3,(H,15,16,17);1H. The third-order valence-corrected chi connectivity index (χ3v) is 3.55. The van der Waals surface area contributed by atoms with Crippen LogP contribution in [0.15, 0.2) is 5.38 Å². The number of anilines is 1. The number of thiazole rings is 1. The van der Waals surface area contributed by atoms with Gasteiger partial charge in [-0.25, -0.2) is 13.8 Å². The highest BCUT2D eigenvalue weighted by molar-refractivity contribution is 7.13. The van der Waals surface area contributed by atoms with Crippen molar-refractivity contribution in [1.29, 1.82) is 0 Å². The number of aromatic nitrogens is 1. The number of nitrogens with one attached hydrogen (secondary N) is 2. The predicted molar refractivity (Wildman–Crippen MR) is 73.4 cm³/mol. The second kappa shape index (κ2) is 6.11. The molecular formula is C11H16ClF2N3OS. The molecule has 4 nitrogen and oxygen atoms in total. The van der Waals surface area contributed by atoms with Crippen LogP contribution >= 0.6 is 23.7 Å². The lowest BCUT2D eigenvalue weighted by Crippen LogP contribution is -2.35. The first-order valence-electron chi connectivity index (χ1n) is 5.75. The van der Waals surface area contributed by atoms with E-state index in [1.54, 1.807) is 0 Å². The Balaban J connectivity index is 0.00000180. The van der Waals surface area contributed by atoms with Crippen molar-refractivity contribution in [3.8, 4) is 0 Å². The Hall–Kier alpha value is -0.790. The normalized spacial score (nSPS) is 21.2. The van der Waals surface area contributed by atoms with Gasteiger partial charge in [-0.2, -0.15) is 0 Å². The molecule has 0 radical (unpaired) electrons. The van der Waals surface area contributed by atoms with Gasteiger partial charge in [-0.1, -0.05) is 13.8 Å². The fraction of sp³-hybridized carbons (Fsp3) is 0.636. The molecule has 19 heavy (non-hydrogen) atoms. The molecule has 1 atom stereocenters. The molecule has 0 aliphatic carbocycles. The lowest BCUT2D eigenvalue weighted by atomic mass is 10.2. The summed E-state index contributed by atoms with van der Waals surface area (Å²) in [6, 6.07) is -0.841. The molecule has 1 aliphatic rings. The van der Waals surface area contributed by atoms with Crippen LogP contribution in [0.1, 0.15) is 31.9 Å². The number of rotatable bonds is 3. The molecule has 1 aromatic rings. The summed E-state index contributed by atoms with van der Waals surface area (Å²) < 4.78 is 25.9. The van der Waals surface area contributed by atoms with Crippen molar-refractivity contribution in [2.45, 2.75) is 38.2 Å². The van der Waals surface area contributed by atoms with Crippen molar-refractivity contribution in [2.75, 3.05) is 11.9 Å². The van der Waals surface area contributed by atoms with Gasteiger partial charge < -0.3 is 5.32 Å². The second-order valence-corrected chi connectivity index (χ2v) is 5.57. The van der Waals surface area contributed by atoms with Crippen LogP contribution in [0.5, 0.6) is 0 Å². The average molecular weight is 312 g/mol. The van der Waals surface area contributed by atoms with Crippen LogP contribution in [0.3, 0.4) is 0 Å². The minimum Gasteiger partial charge on any atom is -0.301 e. The maximum atomic E-state index is 12.9. The highest BCUT2D eigenvalue weighted by Gasteiger charge is 2.42. The molecule has 1 fully saturated rings. The van der Waals surface area contributed by atoms with E-state index in [0.717, 1.165) is 5.69 Å². The summed E-state index contributed by atoms with van der Waals surface area (Å²) in [4.78, 5) is 16.0. The van der Waals surface area contributed by atoms with E-state index in [0.29, 0.717) is 5.13 Å². The number of halogens is 3. The number of nitrogens with zero attached hydrogens (tertiary/aromatic N) is 1. The van der Waals surface area contributed by atoms with Gasteiger partial charge in [0, 0.05) is 11.8 Å². The van der Waals surface area contributed by atoms with E-state index in [1.807, 2.05) is 19.2 Å². The Morgan fingerprint density at radius 1 is 1.63 bits per heavy atom. The maximum Gasteiger partial charge on any atom is 0.262 e. The van der Waals surface area contributed by atoms with Gasteiger partial charge in [0.15, 0.2) is 5.13 Å². The fourth-order valence-corrected chi connectivity index (χ4v) is 2.58. The van der Waals surface area contributed by atoms with Gasteiger partial charge in [0.25, 0.3) is 5.92 Å². The molecular weight excluding hydrogens is 296 g/mol. The highest BCUT2D eigenvalue weighted by Crippen LogP contribution is 2.26. The van der Waals surface area contributed by atoms with E-state index in [-0.39, 0.29) is 18.3 Å². The Bertz CT molecular complexity index is 453. The van der Waals surface area contributed by atoms with Crippen LogP contribution in [0, 0.1) is 0 Å². The van der Waals surface area contributed by atoms with Crippen molar-refractivity contribution >= 4 is 34.8 Å². The molecule has 2 heterocycles. The first-order valence-corrected chi connectivity index (χ1v) is 6.63. The van der Waals surface area contributed by atoms with Gasteiger partial charge in [-0.3, -0.25) is 10.1 Å². The zero-order chi connectivity index (χ0) is 13.3. The van der Waals surface area contributed by atoms with Crippen molar-refractivity contribution in [1.82, 2.24) is 10.3 Å². The summed E-state index contributed by atoms with van der Waals surface area (Å²) in [6.07, 6.45) is -0.457. The largest absolute Gasteiger partial charge is 0.301 e. The molecule has 0 aromatic carbocycles. The van der Waals surface area contributed by atoms with Crippen LogP contribution in [-0.2, 0) is 4.79 Å². The van der Waals surface area contributed by atoms with Crippen LogP contribution in [0.25, 0.3) is 0 Å². The third-order valence-electron chi connectivity index (χ3n) is 2.77. The molecule has 1 aromatic heterocycles. The van der Waals surface area contributed by atoms with Crippen LogP contribution < -0.4 is 10.6 Å². The fourth-order valence-electron chi connectivity index (χ4n) is 1.70. The maximum absolute atomic E-state index is 12.9. The molecule has 1 amide bonds. The first-order chi connectivity index (χ1) is 8.37. The molecule has 2 N–H and O–H groups in total. The van der Waals surface area contributed by atoms with Crippen LogP contribution in [-0.4, -0.2) is 29.4 Å². The van der Waals surface area contributed by atoms with Gasteiger partial charge in [-0.05, 0) is 5.92 Å². The number of amides is 1. The van der Waals surface area contributed by atoms with E-state index in [4.69, 9.17) is 0 Å². The molecule has 8 heteroatoms. The summed E-state index contributed by atoms with van der Waals surface area (Å²) in [6.45, 7) is 3.56. The lowest BCUT2D eigenvalue weighted by Gasteiger charge is -2.09. The summed E-state index contributed by atoms with van der Waals surface area (Å²) >= 11 is 1.31. The number of carbonyl (C=O) groups is 1. The SMILES string of the molecule is CC(C)c1csc(NC(=O)C2CC(F)(F)CN2)n1.Cl. The Labute approximate surface area is 120 Å². The number of carbonyl (C=O) groups excluding carboxylic acids is 1. The van der Waals surface area contributed by atoms with Gasteiger partial charge in [-0.15, -0.1) is 23.7 Å². The number of hydrogen-bond acceptors (Lipinski definition) is 4. The van der Waals surface area contributed by atoms with Crippen molar-refractivity contribution in [3.05, 3.63) is 11.1 Å².